The van der Waals surface area contributed by atoms with Gasteiger partial charge in [-0.3, -0.25) is 4.90 Å². The molecular weight excluding hydrogens is 277 g/mol. The van der Waals surface area contributed by atoms with Gasteiger partial charge in [0.1, 0.15) is 0 Å². The van der Waals surface area contributed by atoms with Crippen LogP contribution in [-0.2, 0) is 0 Å². The molecule has 21 heavy (non-hydrogen) atoms. The van der Waals surface area contributed by atoms with E-state index in [9.17, 15) is 13.2 Å². The lowest BCUT2D eigenvalue weighted by Crippen LogP contribution is -2.43. The average Bonchev–Trinajstić information content (AvgIpc) is 2.38. The summed E-state index contributed by atoms with van der Waals surface area (Å²) in [5.74, 6) is 0.0714. The molecule has 0 aliphatic heterocycles. The van der Waals surface area contributed by atoms with Crippen molar-refractivity contribution in [2.45, 2.75) is 39.0 Å². The van der Waals surface area contributed by atoms with Gasteiger partial charge in [-0.2, -0.15) is 13.2 Å². The largest absolute Gasteiger partial charge is 0.401 e. The molecule has 0 saturated heterocycles. The highest BCUT2D eigenvalue weighted by atomic mass is 19.4. The lowest BCUT2D eigenvalue weighted by molar-refractivity contribution is -0.151. The molecule has 1 N–H and O–H groups in total. The van der Waals surface area contributed by atoms with Crippen molar-refractivity contribution in [3.8, 4) is 0 Å². The topological polar surface area (TPSA) is 15.3 Å². The Labute approximate surface area is 125 Å². The molecule has 1 aromatic carbocycles. The van der Waals surface area contributed by atoms with Gasteiger partial charge in [0.25, 0.3) is 0 Å². The van der Waals surface area contributed by atoms with Crippen molar-refractivity contribution in [3.63, 3.8) is 0 Å². The molecule has 120 valence electrons. The minimum atomic E-state index is -4.16. The van der Waals surface area contributed by atoms with Crippen LogP contribution in [-0.4, -0.2) is 37.3 Å². The molecule has 2 atom stereocenters. The summed E-state index contributed by atoms with van der Waals surface area (Å²) in [6.45, 7) is 5.13. The summed E-state index contributed by atoms with van der Waals surface area (Å²) >= 11 is 0. The Bertz CT molecular complexity index is 404. The van der Waals surface area contributed by atoms with Gasteiger partial charge in [-0.15, -0.1) is 0 Å². The zero-order valence-corrected chi connectivity index (χ0v) is 13.1. The van der Waals surface area contributed by atoms with Crippen LogP contribution in [0.5, 0.6) is 0 Å². The Morgan fingerprint density at radius 3 is 2.10 bits per heavy atom. The number of nitrogens with one attached hydrogen (secondary N) is 1. The number of hydrogen-bond donors (Lipinski definition) is 1. The molecule has 0 aliphatic rings. The summed E-state index contributed by atoms with van der Waals surface area (Å²) in [6, 6.07) is 9.74. The molecule has 0 radical (unpaired) electrons. The molecular formula is C16H25F3N2. The van der Waals surface area contributed by atoms with Crippen LogP contribution in [0.2, 0.25) is 0 Å². The lowest BCUT2D eigenvalue weighted by Gasteiger charge is -2.33. The van der Waals surface area contributed by atoms with Crippen LogP contribution in [0.1, 0.15) is 32.4 Å². The third kappa shape index (κ3) is 6.06. The Morgan fingerprint density at radius 2 is 1.67 bits per heavy atom. The van der Waals surface area contributed by atoms with Crippen LogP contribution in [0.3, 0.4) is 0 Å². The zero-order chi connectivity index (χ0) is 16.0. The van der Waals surface area contributed by atoms with E-state index >= 15 is 0 Å². The highest BCUT2D eigenvalue weighted by molar-refractivity contribution is 5.19. The first-order valence-electron chi connectivity index (χ1n) is 7.27. The van der Waals surface area contributed by atoms with Gasteiger partial charge < -0.3 is 5.32 Å². The van der Waals surface area contributed by atoms with Crippen molar-refractivity contribution in [2.75, 3.05) is 20.1 Å². The van der Waals surface area contributed by atoms with E-state index in [2.05, 4.69) is 5.32 Å². The molecule has 0 heterocycles. The molecule has 0 bridgehead atoms. The fourth-order valence-electron chi connectivity index (χ4n) is 2.60. The van der Waals surface area contributed by atoms with Crippen LogP contribution < -0.4 is 5.32 Å². The molecule has 0 aliphatic carbocycles. The van der Waals surface area contributed by atoms with Crippen molar-refractivity contribution in [3.05, 3.63) is 35.9 Å². The van der Waals surface area contributed by atoms with Gasteiger partial charge >= 0.3 is 6.18 Å². The van der Waals surface area contributed by atoms with Gasteiger partial charge in [-0.05, 0) is 32.4 Å². The lowest BCUT2D eigenvalue weighted by atomic mass is 9.93. The van der Waals surface area contributed by atoms with Crippen LogP contribution >= 0.6 is 0 Å². The zero-order valence-electron chi connectivity index (χ0n) is 13.1. The average molecular weight is 302 g/mol. The van der Waals surface area contributed by atoms with E-state index < -0.39 is 12.7 Å². The van der Waals surface area contributed by atoms with Crippen LogP contribution in [0, 0.1) is 5.92 Å². The highest BCUT2D eigenvalue weighted by Crippen LogP contribution is 2.25. The minimum absolute atomic E-state index is 0.0423. The summed E-state index contributed by atoms with van der Waals surface area (Å²) in [7, 11) is 1.84. The van der Waals surface area contributed by atoms with Crippen LogP contribution in [0.15, 0.2) is 30.3 Å². The van der Waals surface area contributed by atoms with E-state index in [0.29, 0.717) is 6.54 Å². The third-order valence-electron chi connectivity index (χ3n) is 3.67. The Hall–Kier alpha value is -1.07. The number of nitrogens with zero attached hydrogens (tertiary/aromatic N) is 1. The van der Waals surface area contributed by atoms with Gasteiger partial charge in [-0.1, -0.05) is 37.3 Å². The van der Waals surface area contributed by atoms with E-state index in [1.165, 1.54) is 4.90 Å². The second-order valence-electron chi connectivity index (χ2n) is 5.79. The molecule has 0 fully saturated rings. The first kappa shape index (κ1) is 18.0. The monoisotopic (exact) mass is 302 g/mol. The molecule has 2 nitrogen and oxygen atoms in total. The molecule has 5 heteroatoms. The highest BCUT2D eigenvalue weighted by Gasteiger charge is 2.33. The van der Waals surface area contributed by atoms with Gasteiger partial charge in [0.15, 0.2) is 0 Å². The van der Waals surface area contributed by atoms with E-state index in [1.54, 1.807) is 13.8 Å². The smallest absolute Gasteiger partial charge is 0.313 e. The van der Waals surface area contributed by atoms with Crippen LogP contribution in [0.25, 0.3) is 0 Å². The summed E-state index contributed by atoms with van der Waals surface area (Å²) < 4.78 is 38.0. The fourth-order valence-corrected chi connectivity index (χ4v) is 2.60. The first-order chi connectivity index (χ1) is 9.74. The second-order valence-corrected chi connectivity index (χ2v) is 5.79. The van der Waals surface area contributed by atoms with E-state index in [4.69, 9.17) is 0 Å². The fraction of sp³-hybridized carbons (Fsp3) is 0.625. The summed E-state index contributed by atoms with van der Waals surface area (Å²) in [5, 5.41) is 3.22. The number of halogens is 3. The Morgan fingerprint density at radius 1 is 1.10 bits per heavy atom. The molecule has 0 saturated carbocycles. The van der Waals surface area contributed by atoms with Gasteiger partial charge in [0, 0.05) is 18.6 Å². The minimum Gasteiger partial charge on any atom is -0.313 e. The predicted molar refractivity (Wildman–Crippen MR) is 80.2 cm³/mol. The maximum Gasteiger partial charge on any atom is 0.401 e. The normalized spacial score (nSPS) is 15.5. The molecule has 0 aromatic heterocycles. The number of alkyl halides is 3. The second kappa shape index (κ2) is 7.80. The van der Waals surface area contributed by atoms with Crippen molar-refractivity contribution in [2.24, 2.45) is 5.92 Å². The molecule has 0 amide bonds. The molecule has 1 rings (SSSR count). The molecule has 2 unspecified atom stereocenters. The first-order valence-corrected chi connectivity index (χ1v) is 7.27. The van der Waals surface area contributed by atoms with Gasteiger partial charge in [0.2, 0.25) is 0 Å². The van der Waals surface area contributed by atoms with Crippen molar-refractivity contribution >= 4 is 0 Å². The Kier molecular flexibility index (Phi) is 6.68. The van der Waals surface area contributed by atoms with E-state index in [1.807, 2.05) is 44.3 Å². The van der Waals surface area contributed by atoms with Crippen molar-refractivity contribution in [1.82, 2.24) is 10.2 Å². The van der Waals surface area contributed by atoms with Crippen molar-refractivity contribution < 1.29 is 13.2 Å². The third-order valence-corrected chi connectivity index (χ3v) is 3.67. The summed E-state index contributed by atoms with van der Waals surface area (Å²) in [4.78, 5) is 1.48. The quantitative estimate of drug-likeness (QED) is 0.823. The maximum atomic E-state index is 12.7. The van der Waals surface area contributed by atoms with Crippen molar-refractivity contribution in [1.29, 1.82) is 0 Å². The molecule has 0 spiro atoms. The predicted octanol–water partition coefficient (Wildman–Crippen LogP) is 3.86. The Balaban J connectivity index is 2.77. The number of hydrogen-bond acceptors (Lipinski definition) is 2. The molecule has 1 aromatic rings. The summed E-state index contributed by atoms with van der Waals surface area (Å²) in [6.07, 6.45) is -4.16. The SMILES string of the molecule is CNC(c1ccccc1)C(C)CN(CC(F)(F)F)C(C)C. The number of benzene rings is 1. The number of rotatable bonds is 7. The van der Waals surface area contributed by atoms with Gasteiger partial charge in [0.05, 0.1) is 6.54 Å². The van der Waals surface area contributed by atoms with Crippen LogP contribution in [0.4, 0.5) is 13.2 Å². The van der Waals surface area contributed by atoms with E-state index in [-0.39, 0.29) is 18.0 Å². The summed E-state index contributed by atoms with van der Waals surface area (Å²) in [5.41, 5.74) is 1.10. The standard InChI is InChI=1S/C16H25F3N2/c1-12(2)21(11-16(17,18)19)10-13(3)15(20-4)14-8-6-5-7-9-14/h5-9,12-13,15,20H,10-11H2,1-4H3. The van der Waals surface area contributed by atoms with Gasteiger partial charge in [-0.25, -0.2) is 0 Å². The van der Waals surface area contributed by atoms with E-state index in [0.717, 1.165) is 5.56 Å². The maximum absolute atomic E-state index is 12.7.